The highest BCUT2D eigenvalue weighted by atomic mass is 35.5. The van der Waals surface area contributed by atoms with Gasteiger partial charge in [-0.05, 0) is 19.7 Å². The molecule has 2 heterocycles. The lowest BCUT2D eigenvalue weighted by Crippen LogP contribution is -2.46. The molecule has 0 unspecified atom stereocenters. The van der Waals surface area contributed by atoms with Crippen LogP contribution in [0.4, 0.5) is 5.82 Å². The van der Waals surface area contributed by atoms with Crippen LogP contribution < -0.4 is 10.2 Å². The number of hydrogen-bond donors (Lipinski definition) is 1. The number of aromatic nitrogens is 2. The minimum Gasteiger partial charge on any atom is -0.354 e. The molecule has 1 aromatic heterocycles. The predicted molar refractivity (Wildman–Crippen MR) is 133 cm³/mol. The van der Waals surface area contributed by atoms with Crippen LogP contribution in [0.3, 0.4) is 0 Å². The standard InChI is InChI=1S/C23H31ClN6OS/c1-28(2)12-10-25-22(31)18-32-23-26-20(24)17-21(27-23)30-15-13-29(14-16-30)11-6-9-19-7-4-3-5-8-19/h3-9,17H,10-16,18H2,1-2H3,(H,25,31)/b9-6+. The van der Waals surface area contributed by atoms with Crippen molar-refractivity contribution in [1.29, 1.82) is 0 Å². The molecule has 1 N–H and O–H groups in total. The molecule has 7 nitrogen and oxygen atoms in total. The van der Waals surface area contributed by atoms with Gasteiger partial charge in [0, 0.05) is 51.9 Å². The molecule has 32 heavy (non-hydrogen) atoms. The fourth-order valence-electron chi connectivity index (χ4n) is 3.27. The zero-order chi connectivity index (χ0) is 22.8. The number of benzene rings is 1. The van der Waals surface area contributed by atoms with Crippen LogP contribution in [0.25, 0.3) is 6.08 Å². The summed E-state index contributed by atoms with van der Waals surface area (Å²) in [4.78, 5) is 27.6. The van der Waals surface area contributed by atoms with Crippen molar-refractivity contribution in [2.75, 3.05) is 70.6 Å². The van der Waals surface area contributed by atoms with Crippen molar-refractivity contribution in [2.24, 2.45) is 0 Å². The molecule has 1 aliphatic heterocycles. The first-order chi connectivity index (χ1) is 15.5. The molecule has 1 saturated heterocycles. The molecule has 0 saturated carbocycles. The number of amides is 1. The number of halogens is 1. The molecular weight excluding hydrogens is 444 g/mol. The van der Waals surface area contributed by atoms with E-state index in [0.29, 0.717) is 16.9 Å². The molecule has 1 amide bonds. The normalized spacial score (nSPS) is 14.9. The summed E-state index contributed by atoms with van der Waals surface area (Å²) in [5.41, 5.74) is 1.22. The fraction of sp³-hybridized carbons (Fsp3) is 0.435. The topological polar surface area (TPSA) is 64.6 Å². The molecule has 9 heteroatoms. The summed E-state index contributed by atoms with van der Waals surface area (Å²) < 4.78 is 0. The van der Waals surface area contributed by atoms with Crippen LogP contribution in [0.2, 0.25) is 5.15 Å². The van der Waals surface area contributed by atoms with Gasteiger partial charge in [-0.2, -0.15) is 0 Å². The number of anilines is 1. The van der Waals surface area contributed by atoms with E-state index in [0.717, 1.165) is 45.1 Å². The quantitative estimate of drug-likeness (QED) is 0.322. The molecule has 0 spiro atoms. The van der Waals surface area contributed by atoms with Crippen LogP contribution in [-0.2, 0) is 4.79 Å². The van der Waals surface area contributed by atoms with Crippen LogP contribution in [0.5, 0.6) is 0 Å². The van der Waals surface area contributed by atoms with Gasteiger partial charge in [-0.25, -0.2) is 9.97 Å². The lowest BCUT2D eigenvalue weighted by Gasteiger charge is -2.35. The Labute approximate surface area is 199 Å². The maximum absolute atomic E-state index is 12.0. The van der Waals surface area contributed by atoms with Crippen molar-refractivity contribution in [2.45, 2.75) is 5.16 Å². The fourth-order valence-corrected chi connectivity index (χ4v) is 4.18. The van der Waals surface area contributed by atoms with Gasteiger partial charge in [-0.15, -0.1) is 0 Å². The number of rotatable bonds is 10. The predicted octanol–water partition coefficient (Wildman–Crippen LogP) is 2.74. The Kier molecular flexibility index (Phi) is 9.80. The van der Waals surface area contributed by atoms with Crippen LogP contribution >= 0.6 is 23.4 Å². The second-order valence-corrected chi connectivity index (χ2v) is 9.20. The zero-order valence-corrected chi connectivity index (χ0v) is 20.3. The minimum absolute atomic E-state index is 0.0286. The SMILES string of the molecule is CN(C)CCNC(=O)CSc1nc(Cl)cc(N2CCN(C/C=C/c3ccccc3)CC2)n1. The summed E-state index contributed by atoms with van der Waals surface area (Å²) in [6.07, 6.45) is 4.38. The Morgan fingerprint density at radius 2 is 1.94 bits per heavy atom. The van der Waals surface area contributed by atoms with E-state index in [2.05, 4.69) is 61.5 Å². The molecule has 1 aromatic carbocycles. The minimum atomic E-state index is -0.0286. The molecular formula is C23H31ClN6OS. The second kappa shape index (κ2) is 12.8. The van der Waals surface area contributed by atoms with Crippen LogP contribution in [0.1, 0.15) is 5.56 Å². The molecule has 0 atom stereocenters. The molecule has 1 aliphatic rings. The number of carbonyl (C=O) groups excluding carboxylic acids is 1. The average molecular weight is 475 g/mol. The van der Waals surface area contributed by atoms with E-state index in [1.807, 2.05) is 25.1 Å². The van der Waals surface area contributed by atoms with Gasteiger partial charge in [-0.1, -0.05) is 65.8 Å². The van der Waals surface area contributed by atoms with Gasteiger partial charge in [-0.3, -0.25) is 9.69 Å². The molecule has 1 fully saturated rings. The van der Waals surface area contributed by atoms with Crippen molar-refractivity contribution in [3.8, 4) is 0 Å². The van der Waals surface area contributed by atoms with E-state index >= 15 is 0 Å². The van der Waals surface area contributed by atoms with E-state index in [1.165, 1.54) is 17.3 Å². The van der Waals surface area contributed by atoms with Crippen LogP contribution in [0, 0.1) is 0 Å². The number of thioether (sulfide) groups is 1. The van der Waals surface area contributed by atoms with E-state index in [1.54, 1.807) is 6.07 Å². The van der Waals surface area contributed by atoms with Gasteiger partial charge in [0.2, 0.25) is 5.91 Å². The monoisotopic (exact) mass is 474 g/mol. The van der Waals surface area contributed by atoms with Gasteiger partial charge in [0.15, 0.2) is 5.16 Å². The lowest BCUT2D eigenvalue weighted by molar-refractivity contribution is -0.118. The highest BCUT2D eigenvalue weighted by Crippen LogP contribution is 2.22. The third kappa shape index (κ3) is 8.43. The van der Waals surface area contributed by atoms with Gasteiger partial charge < -0.3 is 15.1 Å². The summed E-state index contributed by atoms with van der Waals surface area (Å²) in [5, 5.41) is 3.83. The number of nitrogens with one attached hydrogen (secondary N) is 1. The Morgan fingerprint density at radius 3 is 2.66 bits per heavy atom. The molecule has 3 rings (SSSR count). The first-order valence-corrected chi connectivity index (χ1v) is 12.1. The van der Waals surface area contributed by atoms with E-state index in [9.17, 15) is 4.79 Å². The largest absolute Gasteiger partial charge is 0.354 e. The maximum atomic E-state index is 12.0. The number of carbonyl (C=O) groups is 1. The zero-order valence-electron chi connectivity index (χ0n) is 18.7. The number of hydrogen-bond acceptors (Lipinski definition) is 7. The van der Waals surface area contributed by atoms with Crippen molar-refractivity contribution >= 4 is 41.2 Å². The first-order valence-electron chi connectivity index (χ1n) is 10.8. The van der Waals surface area contributed by atoms with E-state index in [4.69, 9.17) is 11.6 Å². The Morgan fingerprint density at radius 1 is 1.19 bits per heavy atom. The first kappa shape index (κ1) is 24.5. The Bertz CT molecular complexity index is 887. The van der Waals surface area contributed by atoms with E-state index < -0.39 is 0 Å². The van der Waals surface area contributed by atoms with E-state index in [-0.39, 0.29) is 11.7 Å². The summed E-state index contributed by atoms with van der Waals surface area (Å²) >= 11 is 7.55. The highest BCUT2D eigenvalue weighted by Gasteiger charge is 2.19. The molecule has 2 aromatic rings. The summed E-state index contributed by atoms with van der Waals surface area (Å²) in [7, 11) is 3.95. The smallest absolute Gasteiger partial charge is 0.230 e. The van der Waals surface area contributed by atoms with Gasteiger partial charge in [0.25, 0.3) is 0 Å². The molecule has 0 aliphatic carbocycles. The van der Waals surface area contributed by atoms with Crippen molar-refractivity contribution < 1.29 is 4.79 Å². The number of nitrogens with zero attached hydrogens (tertiary/aromatic N) is 5. The second-order valence-electron chi connectivity index (χ2n) is 7.87. The van der Waals surface area contributed by atoms with Crippen molar-refractivity contribution in [3.63, 3.8) is 0 Å². The van der Waals surface area contributed by atoms with Gasteiger partial charge in [0.05, 0.1) is 5.75 Å². The maximum Gasteiger partial charge on any atom is 0.230 e. The molecule has 0 radical (unpaired) electrons. The molecule has 0 bridgehead atoms. The Balaban J connectivity index is 1.46. The Hall–Kier alpha value is -2.13. The number of piperazine rings is 1. The third-order valence-corrected chi connectivity index (χ3v) is 6.09. The average Bonchev–Trinajstić information content (AvgIpc) is 2.78. The lowest BCUT2D eigenvalue weighted by atomic mass is 10.2. The summed E-state index contributed by atoms with van der Waals surface area (Å²) in [6, 6.07) is 12.1. The van der Waals surface area contributed by atoms with Gasteiger partial charge >= 0.3 is 0 Å². The summed E-state index contributed by atoms with van der Waals surface area (Å²) in [6.45, 7) is 6.02. The number of likely N-dealkylation sites (N-methyl/N-ethyl adjacent to an activating group) is 1. The van der Waals surface area contributed by atoms with Crippen molar-refractivity contribution in [1.82, 2.24) is 25.1 Å². The highest BCUT2D eigenvalue weighted by molar-refractivity contribution is 7.99. The van der Waals surface area contributed by atoms with Crippen molar-refractivity contribution in [3.05, 3.63) is 53.2 Å². The summed E-state index contributed by atoms with van der Waals surface area (Å²) in [5.74, 6) is 1.06. The van der Waals surface area contributed by atoms with Gasteiger partial charge in [0.1, 0.15) is 11.0 Å². The molecule has 172 valence electrons. The third-order valence-electron chi connectivity index (χ3n) is 5.04. The van der Waals surface area contributed by atoms with Crippen LogP contribution in [-0.4, -0.2) is 91.3 Å². The van der Waals surface area contributed by atoms with Crippen LogP contribution in [0.15, 0.2) is 47.6 Å².